The molecule has 6 heteroatoms. The standard InChI is InChI=1S/C31H46O6/c1-18(2)9-13-30(14-10-19(3)4)25(33)24(23(32)15-20(5)6)26(34)31(27(30)35)16-22-21(29(8,37)17-31)11-12-28(22,7)36/h9-10,20-22,34,36-37H,11-17H2,1-8H3/t21-,22+,28-,29+,31-/m1/s1. The van der Waals surface area contributed by atoms with Gasteiger partial charge < -0.3 is 15.3 Å². The first-order chi connectivity index (χ1) is 16.9. The number of hydrogen-bond acceptors (Lipinski definition) is 6. The summed E-state index contributed by atoms with van der Waals surface area (Å²) in [5, 5.41) is 34.7. The van der Waals surface area contributed by atoms with Gasteiger partial charge in [0.05, 0.1) is 16.6 Å². The molecule has 37 heavy (non-hydrogen) atoms. The highest BCUT2D eigenvalue weighted by molar-refractivity contribution is 6.31. The second kappa shape index (κ2) is 9.92. The number of fused-ring (bicyclic) bond motifs is 1. The zero-order chi connectivity index (χ0) is 28.1. The van der Waals surface area contributed by atoms with Gasteiger partial charge in [0, 0.05) is 6.42 Å². The van der Waals surface area contributed by atoms with Crippen LogP contribution in [0.4, 0.5) is 0 Å². The number of aliphatic hydroxyl groups is 3. The van der Waals surface area contributed by atoms with Crippen LogP contribution in [-0.4, -0.2) is 43.9 Å². The number of allylic oxidation sites excluding steroid dienone is 6. The van der Waals surface area contributed by atoms with Crippen molar-refractivity contribution in [3.8, 4) is 0 Å². The van der Waals surface area contributed by atoms with Crippen LogP contribution in [0.5, 0.6) is 0 Å². The summed E-state index contributed by atoms with van der Waals surface area (Å²) in [6.07, 6.45) is 5.09. The summed E-state index contributed by atoms with van der Waals surface area (Å²) in [6.45, 7) is 14.7. The number of carbonyl (C=O) groups is 3. The highest BCUT2D eigenvalue weighted by Gasteiger charge is 2.68. The van der Waals surface area contributed by atoms with Crippen LogP contribution < -0.4 is 0 Å². The van der Waals surface area contributed by atoms with Crippen molar-refractivity contribution in [3.05, 3.63) is 34.6 Å². The Labute approximate surface area is 221 Å². The van der Waals surface area contributed by atoms with Crippen LogP contribution in [0, 0.1) is 28.6 Å². The van der Waals surface area contributed by atoms with Gasteiger partial charge in [-0.3, -0.25) is 14.4 Å². The summed E-state index contributed by atoms with van der Waals surface area (Å²) in [6, 6.07) is 0. The molecule has 5 atom stereocenters. The third-order valence-electron chi connectivity index (χ3n) is 9.08. The molecule has 3 N–H and O–H groups in total. The Morgan fingerprint density at radius 3 is 2.00 bits per heavy atom. The third kappa shape index (κ3) is 5.04. The second-order valence-corrected chi connectivity index (χ2v) is 13.4. The third-order valence-corrected chi connectivity index (χ3v) is 9.08. The molecule has 3 aliphatic carbocycles. The van der Waals surface area contributed by atoms with Crippen molar-refractivity contribution in [2.45, 2.75) is 112 Å². The minimum atomic E-state index is -1.63. The first kappa shape index (κ1) is 29.5. The maximum Gasteiger partial charge on any atom is 0.184 e. The van der Waals surface area contributed by atoms with Crippen molar-refractivity contribution in [3.63, 3.8) is 0 Å². The molecule has 0 radical (unpaired) electrons. The van der Waals surface area contributed by atoms with Crippen LogP contribution in [0.3, 0.4) is 0 Å². The molecule has 3 aliphatic rings. The minimum Gasteiger partial charge on any atom is -0.510 e. The predicted octanol–water partition coefficient (Wildman–Crippen LogP) is 5.57. The summed E-state index contributed by atoms with van der Waals surface area (Å²) in [7, 11) is 0. The normalized spacial score (nSPS) is 35.1. The van der Waals surface area contributed by atoms with E-state index in [1.165, 1.54) is 0 Å². The van der Waals surface area contributed by atoms with E-state index >= 15 is 0 Å². The number of rotatable bonds is 7. The predicted molar refractivity (Wildman–Crippen MR) is 144 cm³/mol. The fraction of sp³-hybridized carbons (Fsp3) is 0.710. The molecule has 0 aromatic carbocycles. The molecule has 0 saturated heterocycles. The van der Waals surface area contributed by atoms with E-state index in [0.717, 1.165) is 11.1 Å². The van der Waals surface area contributed by atoms with E-state index in [9.17, 15) is 29.7 Å². The molecular formula is C31H46O6. The van der Waals surface area contributed by atoms with Gasteiger partial charge >= 0.3 is 0 Å². The second-order valence-electron chi connectivity index (χ2n) is 13.4. The van der Waals surface area contributed by atoms with Gasteiger partial charge in [0.25, 0.3) is 0 Å². The molecule has 1 spiro atoms. The van der Waals surface area contributed by atoms with Gasteiger partial charge in [0.1, 0.15) is 16.7 Å². The summed E-state index contributed by atoms with van der Waals surface area (Å²) >= 11 is 0. The van der Waals surface area contributed by atoms with Crippen LogP contribution in [0.25, 0.3) is 0 Å². The van der Waals surface area contributed by atoms with E-state index in [1.54, 1.807) is 13.8 Å². The molecule has 0 amide bonds. The lowest BCUT2D eigenvalue weighted by Crippen LogP contribution is -2.62. The molecular weight excluding hydrogens is 468 g/mol. The highest BCUT2D eigenvalue weighted by Crippen LogP contribution is 2.63. The zero-order valence-electron chi connectivity index (χ0n) is 23.9. The Kier molecular flexibility index (Phi) is 7.91. The SMILES string of the molecule is CC(C)=CCC1(CC=C(C)C)C(=O)C(C(=O)CC(C)C)=C(O)[C@]2(C[C@H]3[C@@H](CC[C@@]3(C)O)[C@@](C)(O)C2)C1=O. The molecule has 0 aromatic heterocycles. The molecule has 206 valence electrons. The number of hydrogen-bond donors (Lipinski definition) is 3. The van der Waals surface area contributed by atoms with Crippen LogP contribution in [-0.2, 0) is 14.4 Å². The lowest BCUT2D eigenvalue weighted by atomic mass is 9.48. The fourth-order valence-electron chi connectivity index (χ4n) is 7.11. The quantitative estimate of drug-likeness (QED) is 0.233. The Hall–Kier alpha value is -2.05. The van der Waals surface area contributed by atoms with E-state index in [1.807, 2.05) is 53.7 Å². The Balaban J connectivity index is 2.35. The molecule has 0 bridgehead atoms. The lowest BCUT2D eigenvalue weighted by Gasteiger charge is -2.54. The van der Waals surface area contributed by atoms with Gasteiger partial charge in [-0.05, 0) is 97.8 Å². The maximum atomic E-state index is 14.8. The lowest BCUT2D eigenvalue weighted by molar-refractivity contribution is -0.168. The molecule has 2 fully saturated rings. The summed E-state index contributed by atoms with van der Waals surface area (Å²) in [5.41, 5.74) is -4.10. The smallest absolute Gasteiger partial charge is 0.184 e. The topological polar surface area (TPSA) is 112 Å². The minimum absolute atomic E-state index is 0.0476. The van der Waals surface area contributed by atoms with Crippen molar-refractivity contribution in [2.75, 3.05) is 0 Å². The maximum absolute atomic E-state index is 14.8. The van der Waals surface area contributed by atoms with Crippen molar-refractivity contribution < 1.29 is 29.7 Å². The first-order valence-corrected chi connectivity index (χ1v) is 13.7. The van der Waals surface area contributed by atoms with E-state index in [4.69, 9.17) is 0 Å². The van der Waals surface area contributed by atoms with E-state index in [-0.39, 0.29) is 49.5 Å². The molecule has 0 aliphatic heterocycles. The van der Waals surface area contributed by atoms with Gasteiger partial charge in [-0.25, -0.2) is 0 Å². The molecule has 2 saturated carbocycles. The van der Waals surface area contributed by atoms with Gasteiger partial charge in [0.15, 0.2) is 17.3 Å². The first-order valence-electron chi connectivity index (χ1n) is 13.7. The van der Waals surface area contributed by atoms with Crippen LogP contribution in [0.2, 0.25) is 0 Å². The average molecular weight is 515 g/mol. The van der Waals surface area contributed by atoms with Crippen molar-refractivity contribution in [1.29, 1.82) is 0 Å². The van der Waals surface area contributed by atoms with Crippen LogP contribution in [0.1, 0.15) is 100 Å². The highest BCUT2D eigenvalue weighted by atomic mass is 16.3. The molecule has 0 unspecified atom stereocenters. The van der Waals surface area contributed by atoms with E-state index < -0.39 is 51.1 Å². The Morgan fingerprint density at radius 1 is 0.973 bits per heavy atom. The van der Waals surface area contributed by atoms with Gasteiger partial charge in [-0.1, -0.05) is 37.1 Å². The molecule has 3 rings (SSSR count). The van der Waals surface area contributed by atoms with E-state index in [0.29, 0.717) is 12.8 Å². The molecule has 0 aromatic rings. The summed E-state index contributed by atoms with van der Waals surface area (Å²) < 4.78 is 0. The van der Waals surface area contributed by atoms with Crippen LogP contribution in [0.15, 0.2) is 34.6 Å². The number of Topliss-reactive ketones (excluding diaryl/α,β-unsaturated/α-hetero) is 3. The van der Waals surface area contributed by atoms with Crippen molar-refractivity contribution >= 4 is 17.3 Å². The molecule has 0 heterocycles. The number of aliphatic hydroxyl groups excluding tert-OH is 1. The average Bonchev–Trinajstić information content (AvgIpc) is 3.06. The van der Waals surface area contributed by atoms with Gasteiger partial charge in [-0.15, -0.1) is 0 Å². The largest absolute Gasteiger partial charge is 0.510 e. The van der Waals surface area contributed by atoms with Crippen molar-refractivity contribution in [1.82, 2.24) is 0 Å². The van der Waals surface area contributed by atoms with Gasteiger partial charge in [0.2, 0.25) is 0 Å². The molecule has 6 nitrogen and oxygen atoms in total. The fourth-order valence-corrected chi connectivity index (χ4v) is 7.11. The Morgan fingerprint density at radius 2 is 1.51 bits per heavy atom. The van der Waals surface area contributed by atoms with Crippen LogP contribution >= 0.6 is 0 Å². The number of carbonyl (C=O) groups excluding carboxylic acids is 3. The van der Waals surface area contributed by atoms with Crippen molar-refractivity contribution in [2.24, 2.45) is 28.6 Å². The van der Waals surface area contributed by atoms with E-state index in [2.05, 4.69) is 0 Å². The Bertz CT molecular complexity index is 1040. The monoisotopic (exact) mass is 514 g/mol. The summed E-state index contributed by atoms with van der Waals surface area (Å²) in [5.74, 6) is -2.79. The zero-order valence-corrected chi connectivity index (χ0v) is 23.9. The summed E-state index contributed by atoms with van der Waals surface area (Å²) in [4.78, 5) is 42.5. The number of ketones is 3. The van der Waals surface area contributed by atoms with Gasteiger partial charge in [-0.2, -0.15) is 0 Å².